The summed E-state index contributed by atoms with van der Waals surface area (Å²) in [5.74, 6) is 0.0567. The highest BCUT2D eigenvalue weighted by atomic mass is 19.1. The first-order valence-corrected chi connectivity index (χ1v) is 6.91. The lowest BCUT2D eigenvalue weighted by atomic mass is 10.1. The summed E-state index contributed by atoms with van der Waals surface area (Å²) in [7, 11) is 0. The highest BCUT2D eigenvalue weighted by molar-refractivity contribution is 5.29. The van der Waals surface area contributed by atoms with E-state index in [4.69, 9.17) is 9.47 Å². The Morgan fingerprint density at radius 3 is 3.11 bits per heavy atom. The maximum Gasteiger partial charge on any atom is 0.167 e. The minimum Gasteiger partial charge on any atom is -0.489 e. The predicted octanol–water partition coefficient (Wildman–Crippen LogP) is 2.67. The van der Waals surface area contributed by atoms with Gasteiger partial charge in [-0.2, -0.15) is 0 Å². The lowest BCUT2D eigenvalue weighted by Gasteiger charge is -2.20. The first kappa shape index (κ1) is 14.3. The molecular formula is C15H22FNO2. The fourth-order valence-corrected chi connectivity index (χ4v) is 2.31. The van der Waals surface area contributed by atoms with Gasteiger partial charge in [0.15, 0.2) is 11.6 Å². The Balaban J connectivity index is 1.70. The third-order valence-electron chi connectivity index (χ3n) is 3.50. The molecule has 2 rings (SSSR count). The van der Waals surface area contributed by atoms with Crippen molar-refractivity contribution in [1.29, 1.82) is 0 Å². The molecule has 0 amide bonds. The van der Waals surface area contributed by atoms with Crippen LogP contribution in [-0.2, 0) is 4.74 Å². The van der Waals surface area contributed by atoms with Crippen LogP contribution in [-0.4, -0.2) is 31.9 Å². The summed E-state index contributed by atoms with van der Waals surface area (Å²) >= 11 is 0. The van der Waals surface area contributed by atoms with E-state index < -0.39 is 0 Å². The van der Waals surface area contributed by atoms with Crippen LogP contribution in [0.4, 0.5) is 4.39 Å². The molecule has 19 heavy (non-hydrogen) atoms. The molecule has 1 aromatic carbocycles. The first-order chi connectivity index (χ1) is 9.18. The van der Waals surface area contributed by atoms with Gasteiger partial charge in [0.1, 0.15) is 6.61 Å². The van der Waals surface area contributed by atoms with E-state index in [9.17, 15) is 4.39 Å². The molecule has 1 saturated heterocycles. The van der Waals surface area contributed by atoms with E-state index in [0.717, 1.165) is 19.4 Å². The number of hydrogen-bond acceptors (Lipinski definition) is 3. The van der Waals surface area contributed by atoms with Crippen molar-refractivity contribution >= 4 is 0 Å². The minimum atomic E-state index is -0.269. The highest BCUT2D eigenvalue weighted by Gasteiger charge is 2.21. The summed E-state index contributed by atoms with van der Waals surface area (Å²) in [5, 5.41) is 3.36. The van der Waals surface area contributed by atoms with Gasteiger partial charge in [-0.25, -0.2) is 4.39 Å². The van der Waals surface area contributed by atoms with Crippen LogP contribution in [0.15, 0.2) is 18.2 Å². The van der Waals surface area contributed by atoms with Gasteiger partial charge < -0.3 is 14.8 Å². The average Bonchev–Trinajstić information content (AvgIpc) is 2.93. The summed E-state index contributed by atoms with van der Waals surface area (Å²) in [6, 6.07) is 5.51. The molecule has 0 aromatic heterocycles. The molecule has 0 saturated carbocycles. The molecule has 1 aliphatic rings. The summed E-state index contributed by atoms with van der Waals surface area (Å²) in [5.41, 5.74) is 0.609. The Bertz CT molecular complexity index is 405. The Morgan fingerprint density at radius 1 is 1.53 bits per heavy atom. The smallest absolute Gasteiger partial charge is 0.167 e. The highest BCUT2D eigenvalue weighted by Crippen LogP contribution is 2.19. The second-order valence-corrected chi connectivity index (χ2v) is 5.03. The molecule has 3 nitrogen and oxygen atoms in total. The standard InChI is InChI=1S/C15H22FNO2/c1-11-5-3-6-14(15(11)16)19-10-8-17-12(2)13-7-4-9-18-13/h3,5-6,12-13,17H,4,7-10H2,1-2H3. The minimum absolute atomic E-state index is 0.269. The van der Waals surface area contributed by atoms with Crippen LogP contribution in [0.1, 0.15) is 25.3 Å². The number of ether oxygens (including phenoxy) is 2. The van der Waals surface area contributed by atoms with Gasteiger partial charge in [0.2, 0.25) is 0 Å². The molecule has 0 spiro atoms. The van der Waals surface area contributed by atoms with Crippen molar-refractivity contribution in [3.8, 4) is 5.75 Å². The molecule has 2 atom stereocenters. The van der Waals surface area contributed by atoms with E-state index >= 15 is 0 Å². The number of nitrogens with one attached hydrogen (secondary N) is 1. The molecule has 1 heterocycles. The van der Waals surface area contributed by atoms with Crippen molar-refractivity contribution < 1.29 is 13.9 Å². The van der Waals surface area contributed by atoms with Gasteiger partial charge in [-0.1, -0.05) is 12.1 Å². The zero-order valence-corrected chi connectivity index (χ0v) is 11.6. The lowest BCUT2D eigenvalue weighted by Crippen LogP contribution is -2.39. The fourth-order valence-electron chi connectivity index (χ4n) is 2.31. The molecular weight excluding hydrogens is 245 g/mol. The van der Waals surface area contributed by atoms with Crippen LogP contribution in [0.3, 0.4) is 0 Å². The maximum atomic E-state index is 13.7. The van der Waals surface area contributed by atoms with Gasteiger partial charge in [-0.15, -0.1) is 0 Å². The van der Waals surface area contributed by atoms with Crippen molar-refractivity contribution in [3.05, 3.63) is 29.6 Å². The first-order valence-electron chi connectivity index (χ1n) is 6.91. The predicted molar refractivity (Wildman–Crippen MR) is 73.1 cm³/mol. The fraction of sp³-hybridized carbons (Fsp3) is 0.600. The van der Waals surface area contributed by atoms with Crippen molar-refractivity contribution in [2.45, 2.75) is 38.8 Å². The Labute approximate surface area is 114 Å². The SMILES string of the molecule is Cc1cccc(OCCNC(C)C2CCCO2)c1F. The molecule has 1 aromatic rings. The molecule has 1 fully saturated rings. The topological polar surface area (TPSA) is 30.5 Å². The molecule has 1 aliphatic heterocycles. The summed E-state index contributed by atoms with van der Waals surface area (Å²) in [6.07, 6.45) is 2.55. The largest absolute Gasteiger partial charge is 0.489 e. The lowest BCUT2D eigenvalue weighted by molar-refractivity contribution is 0.0824. The zero-order chi connectivity index (χ0) is 13.7. The van der Waals surface area contributed by atoms with Gasteiger partial charge in [-0.05, 0) is 38.3 Å². The van der Waals surface area contributed by atoms with Crippen LogP contribution in [0.5, 0.6) is 5.75 Å². The van der Waals surface area contributed by atoms with Crippen LogP contribution >= 0.6 is 0 Å². The number of aryl methyl sites for hydroxylation is 1. The molecule has 0 aliphatic carbocycles. The summed E-state index contributed by atoms with van der Waals surface area (Å²) < 4.78 is 24.7. The van der Waals surface area contributed by atoms with E-state index in [0.29, 0.717) is 36.6 Å². The molecule has 2 unspecified atom stereocenters. The number of benzene rings is 1. The third-order valence-corrected chi connectivity index (χ3v) is 3.50. The van der Waals surface area contributed by atoms with E-state index in [-0.39, 0.29) is 5.82 Å². The Morgan fingerprint density at radius 2 is 2.37 bits per heavy atom. The van der Waals surface area contributed by atoms with Gasteiger partial charge in [0, 0.05) is 19.2 Å². The van der Waals surface area contributed by atoms with Gasteiger partial charge in [0.05, 0.1) is 6.10 Å². The normalized spacial score (nSPS) is 20.5. The van der Waals surface area contributed by atoms with Crippen molar-refractivity contribution in [2.24, 2.45) is 0 Å². The monoisotopic (exact) mass is 267 g/mol. The van der Waals surface area contributed by atoms with Crippen LogP contribution < -0.4 is 10.1 Å². The summed E-state index contributed by atoms with van der Waals surface area (Å²) in [4.78, 5) is 0. The zero-order valence-electron chi connectivity index (χ0n) is 11.6. The van der Waals surface area contributed by atoms with E-state index in [1.165, 1.54) is 0 Å². The van der Waals surface area contributed by atoms with E-state index in [2.05, 4.69) is 12.2 Å². The van der Waals surface area contributed by atoms with Gasteiger partial charge in [0.25, 0.3) is 0 Å². The molecule has 4 heteroatoms. The van der Waals surface area contributed by atoms with Crippen LogP contribution in [0.25, 0.3) is 0 Å². The second-order valence-electron chi connectivity index (χ2n) is 5.03. The van der Waals surface area contributed by atoms with Crippen molar-refractivity contribution in [3.63, 3.8) is 0 Å². The summed E-state index contributed by atoms with van der Waals surface area (Å²) in [6.45, 7) is 5.86. The van der Waals surface area contributed by atoms with Gasteiger partial charge in [-0.3, -0.25) is 0 Å². The van der Waals surface area contributed by atoms with Crippen molar-refractivity contribution in [2.75, 3.05) is 19.8 Å². The number of halogens is 1. The number of hydrogen-bond donors (Lipinski definition) is 1. The Kier molecular flexibility index (Phi) is 5.16. The number of rotatable bonds is 6. The van der Waals surface area contributed by atoms with Crippen LogP contribution in [0.2, 0.25) is 0 Å². The Hall–Kier alpha value is -1.13. The van der Waals surface area contributed by atoms with Crippen LogP contribution in [0, 0.1) is 12.7 Å². The molecule has 1 N–H and O–H groups in total. The second kappa shape index (κ2) is 6.87. The third kappa shape index (κ3) is 3.91. The molecule has 0 bridgehead atoms. The van der Waals surface area contributed by atoms with Gasteiger partial charge >= 0.3 is 0 Å². The van der Waals surface area contributed by atoms with Crippen molar-refractivity contribution in [1.82, 2.24) is 5.32 Å². The van der Waals surface area contributed by atoms with E-state index in [1.807, 2.05) is 0 Å². The average molecular weight is 267 g/mol. The molecule has 0 radical (unpaired) electrons. The maximum absolute atomic E-state index is 13.7. The molecule has 106 valence electrons. The quantitative estimate of drug-likeness (QED) is 0.804. The van der Waals surface area contributed by atoms with E-state index in [1.54, 1.807) is 25.1 Å².